The van der Waals surface area contributed by atoms with Gasteiger partial charge in [-0.25, -0.2) is 0 Å². The number of fused-ring (bicyclic) bond motifs is 5. The maximum atomic E-state index is 11.9. The minimum Gasteiger partial charge on any atom is -0.385 e. The van der Waals surface area contributed by atoms with Crippen LogP contribution in [0.25, 0.3) is 0 Å². The van der Waals surface area contributed by atoms with Crippen molar-refractivity contribution in [3.8, 4) is 0 Å². The molecule has 0 bridgehead atoms. The first-order chi connectivity index (χ1) is 12.5. The third-order valence-corrected chi connectivity index (χ3v) is 9.99. The molecule has 0 spiro atoms. The van der Waals surface area contributed by atoms with Gasteiger partial charge < -0.3 is 5.11 Å². The van der Waals surface area contributed by atoms with Crippen LogP contribution in [0.15, 0.2) is 30.3 Å². The van der Waals surface area contributed by atoms with Gasteiger partial charge in [-0.2, -0.15) is 0 Å². The van der Waals surface area contributed by atoms with E-state index in [1.165, 1.54) is 63.4 Å². The molecule has 0 radical (unpaired) electrons. The van der Waals surface area contributed by atoms with E-state index in [1.807, 2.05) is 0 Å². The highest BCUT2D eigenvalue weighted by Crippen LogP contribution is 2.69. The summed E-state index contributed by atoms with van der Waals surface area (Å²) in [5.41, 5.74) is 1.21. The molecule has 142 valence electrons. The first-order valence-electron chi connectivity index (χ1n) is 11.3. The minimum absolute atomic E-state index is 0.0629. The smallest absolute Gasteiger partial charge is 0.0952 e. The lowest BCUT2D eigenvalue weighted by Crippen LogP contribution is -2.55. The Bertz CT molecular complexity index is 668. The zero-order valence-corrected chi connectivity index (χ0v) is 16.7. The lowest BCUT2D eigenvalue weighted by atomic mass is 9.44. The maximum Gasteiger partial charge on any atom is 0.0952 e. The number of hydrogen-bond donors (Lipinski definition) is 1. The minimum atomic E-state index is -0.617. The van der Waals surface area contributed by atoms with E-state index in [4.69, 9.17) is 0 Å². The predicted molar refractivity (Wildman–Crippen MR) is 107 cm³/mol. The summed E-state index contributed by atoms with van der Waals surface area (Å²) in [5.74, 6) is 3.46. The van der Waals surface area contributed by atoms with Gasteiger partial charge in [0, 0.05) is 5.41 Å². The van der Waals surface area contributed by atoms with E-state index in [1.54, 1.807) is 0 Å². The molecule has 0 aromatic heterocycles. The zero-order valence-electron chi connectivity index (χ0n) is 16.7. The Morgan fingerprint density at radius 2 is 1.58 bits per heavy atom. The highest BCUT2D eigenvalue weighted by molar-refractivity contribution is 5.29. The average Bonchev–Trinajstić information content (AvgIpc) is 2.94. The van der Waals surface area contributed by atoms with Crippen LogP contribution >= 0.6 is 0 Å². The van der Waals surface area contributed by atoms with Crippen LogP contribution in [0.5, 0.6) is 0 Å². The van der Waals surface area contributed by atoms with Gasteiger partial charge in [0.2, 0.25) is 0 Å². The van der Waals surface area contributed by atoms with Gasteiger partial charge in [0.1, 0.15) is 0 Å². The van der Waals surface area contributed by atoms with Gasteiger partial charge >= 0.3 is 0 Å². The summed E-state index contributed by atoms with van der Waals surface area (Å²) in [6.07, 6.45) is 13.5. The Balaban J connectivity index is 1.49. The van der Waals surface area contributed by atoms with Crippen molar-refractivity contribution < 1.29 is 5.11 Å². The fraction of sp³-hybridized carbons (Fsp3) is 0.760. The average molecular weight is 353 g/mol. The molecule has 1 heteroatoms. The van der Waals surface area contributed by atoms with Crippen molar-refractivity contribution in [1.82, 2.24) is 0 Å². The monoisotopic (exact) mass is 352 g/mol. The molecule has 0 unspecified atom stereocenters. The van der Waals surface area contributed by atoms with E-state index in [0.717, 1.165) is 24.2 Å². The first kappa shape index (κ1) is 17.3. The molecule has 0 heterocycles. The lowest BCUT2D eigenvalue weighted by Gasteiger charge is -2.61. The molecule has 1 nitrogen and oxygen atoms in total. The Morgan fingerprint density at radius 1 is 0.808 bits per heavy atom. The SMILES string of the molecule is C[C@]12CCCC[C@H]1CC[C@@H]1[C@@H]2CC[C@@]2(C)[C@H]1CC[C@]2(O)c1ccccc1. The number of rotatable bonds is 1. The molecule has 4 fully saturated rings. The molecule has 1 N–H and O–H groups in total. The molecule has 26 heavy (non-hydrogen) atoms. The van der Waals surface area contributed by atoms with Crippen LogP contribution in [0.3, 0.4) is 0 Å². The van der Waals surface area contributed by atoms with Crippen molar-refractivity contribution in [2.24, 2.45) is 34.5 Å². The summed E-state index contributed by atoms with van der Waals surface area (Å²) in [4.78, 5) is 0. The second kappa shape index (κ2) is 5.84. The Labute approximate surface area is 159 Å². The second-order valence-corrected chi connectivity index (χ2v) is 10.6. The predicted octanol–water partition coefficient (Wildman–Crippen LogP) is 6.31. The molecule has 7 atom stereocenters. The van der Waals surface area contributed by atoms with Crippen molar-refractivity contribution in [3.05, 3.63) is 35.9 Å². The van der Waals surface area contributed by atoms with Gasteiger partial charge in [-0.15, -0.1) is 0 Å². The third kappa shape index (κ3) is 2.13. The summed E-state index contributed by atoms with van der Waals surface area (Å²) in [6.45, 7) is 5.08. The highest BCUT2D eigenvalue weighted by Gasteiger charge is 2.64. The van der Waals surface area contributed by atoms with Crippen LogP contribution < -0.4 is 0 Å². The zero-order chi connectivity index (χ0) is 18.0. The van der Waals surface area contributed by atoms with E-state index < -0.39 is 5.60 Å². The summed E-state index contributed by atoms with van der Waals surface area (Å²) >= 11 is 0. The molecule has 1 aromatic rings. The number of benzene rings is 1. The Kier molecular flexibility index (Phi) is 3.88. The molecule has 0 saturated heterocycles. The van der Waals surface area contributed by atoms with Crippen LogP contribution in [0.1, 0.15) is 83.6 Å². The van der Waals surface area contributed by atoms with Gasteiger partial charge in [0.25, 0.3) is 0 Å². The summed E-state index contributed by atoms with van der Waals surface area (Å²) in [6, 6.07) is 10.6. The first-order valence-corrected chi connectivity index (χ1v) is 11.3. The topological polar surface area (TPSA) is 20.2 Å². The van der Waals surface area contributed by atoms with E-state index in [-0.39, 0.29) is 5.41 Å². The summed E-state index contributed by atoms with van der Waals surface area (Å²) in [7, 11) is 0. The van der Waals surface area contributed by atoms with Crippen molar-refractivity contribution in [2.45, 2.75) is 83.7 Å². The molecule has 5 rings (SSSR count). The molecule has 4 aliphatic rings. The summed E-state index contributed by atoms with van der Waals surface area (Å²) in [5, 5.41) is 11.9. The van der Waals surface area contributed by atoms with E-state index >= 15 is 0 Å². The summed E-state index contributed by atoms with van der Waals surface area (Å²) < 4.78 is 0. The van der Waals surface area contributed by atoms with Crippen LogP contribution in [-0.4, -0.2) is 5.11 Å². The molecule has 4 aliphatic carbocycles. The Morgan fingerprint density at radius 3 is 2.38 bits per heavy atom. The second-order valence-electron chi connectivity index (χ2n) is 10.6. The number of hydrogen-bond acceptors (Lipinski definition) is 1. The molecular formula is C25H36O. The van der Waals surface area contributed by atoms with Crippen LogP contribution in [0.2, 0.25) is 0 Å². The van der Waals surface area contributed by atoms with Gasteiger partial charge in [0.05, 0.1) is 5.60 Å². The molecule has 1 aromatic carbocycles. The normalized spacial score (nSPS) is 50.6. The van der Waals surface area contributed by atoms with Gasteiger partial charge in [-0.1, -0.05) is 57.0 Å². The molecule has 0 aliphatic heterocycles. The van der Waals surface area contributed by atoms with E-state index in [0.29, 0.717) is 11.3 Å². The van der Waals surface area contributed by atoms with E-state index in [9.17, 15) is 5.11 Å². The maximum absolute atomic E-state index is 11.9. The van der Waals surface area contributed by atoms with Crippen LogP contribution in [0.4, 0.5) is 0 Å². The fourth-order valence-electron chi connectivity index (χ4n) is 8.50. The van der Waals surface area contributed by atoms with Crippen LogP contribution in [-0.2, 0) is 5.60 Å². The Hall–Kier alpha value is -0.820. The van der Waals surface area contributed by atoms with Gasteiger partial charge in [-0.05, 0) is 86.0 Å². The quantitative estimate of drug-likeness (QED) is 0.628. The standard InChI is InChI=1S/C25H36O/c1-23-15-7-6-8-18(23)11-12-20-21(23)13-16-24(2)22(20)14-17-25(24,26)19-9-4-3-5-10-19/h3-5,9-10,18,20-22,26H,6-8,11-17H2,1-2H3/t18-,20+,21-,22-,23-,24-,25-/m0/s1. The van der Waals surface area contributed by atoms with Crippen molar-refractivity contribution in [3.63, 3.8) is 0 Å². The number of aliphatic hydroxyl groups is 1. The van der Waals surface area contributed by atoms with Crippen LogP contribution in [0, 0.1) is 34.5 Å². The molecular weight excluding hydrogens is 316 g/mol. The fourth-order valence-corrected chi connectivity index (χ4v) is 8.50. The largest absolute Gasteiger partial charge is 0.385 e. The van der Waals surface area contributed by atoms with Gasteiger partial charge in [-0.3, -0.25) is 0 Å². The lowest BCUT2D eigenvalue weighted by molar-refractivity contribution is -0.154. The highest BCUT2D eigenvalue weighted by atomic mass is 16.3. The van der Waals surface area contributed by atoms with Crippen molar-refractivity contribution in [1.29, 1.82) is 0 Å². The molecule has 4 saturated carbocycles. The third-order valence-electron chi connectivity index (χ3n) is 9.99. The molecule has 0 amide bonds. The van der Waals surface area contributed by atoms with Crippen molar-refractivity contribution in [2.75, 3.05) is 0 Å². The van der Waals surface area contributed by atoms with Crippen molar-refractivity contribution >= 4 is 0 Å². The van der Waals surface area contributed by atoms with E-state index in [2.05, 4.69) is 44.2 Å². The van der Waals surface area contributed by atoms with Gasteiger partial charge in [0.15, 0.2) is 0 Å².